The highest BCUT2D eigenvalue weighted by atomic mass is 32.2. The van der Waals surface area contributed by atoms with Crippen LogP contribution in [0.1, 0.15) is 5.56 Å². The maximum absolute atomic E-state index is 10.9. The summed E-state index contributed by atoms with van der Waals surface area (Å²) in [7, 11) is -3.57. The van der Waals surface area contributed by atoms with Crippen molar-refractivity contribution in [3.8, 4) is 0 Å². The molecule has 16 heavy (non-hydrogen) atoms. The van der Waals surface area contributed by atoms with Crippen molar-refractivity contribution in [1.82, 2.24) is 0 Å². The second-order valence-corrected chi connectivity index (χ2v) is 4.60. The van der Waals surface area contributed by atoms with Gasteiger partial charge in [-0.3, -0.25) is 0 Å². The van der Waals surface area contributed by atoms with Crippen LogP contribution in [0.5, 0.6) is 0 Å². The third-order valence-corrected chi connectivity index (χ3v) is 2.61. The van der Waals surface area contributed by atoms with E-state index in [0.717, 1.165) is 12.0 Å². The molecule has 1 rings (SSSR count). The van der Waals surface area contributed by atoms with E-state index >= 15 is 0 Å². The van der Waals surface area contributed by atoms with E-state index in [4.69, 9.17) is 16.3 Å². The maximum atomic E-state index is 10.9. The number of nitrogens with two attached hydrogens (primary N) is 2. The van der Waals surface area contributed by atoms with Crippen LogP contribution in [0.3, 0.4) is 0 Å². The van der Waals surface area contributed by atoms with Gasteiger partial charge in [-0.05, 0) is 42.9 Å². The normalized spacial score (nSPS) is 9.88. The molecule has 0 aliphatic heterocycles. The quantitative estimate of drug-likeness (QED) is 0.542. The van der Waals surface area contributed by atoms with Gasteiger partial charge in [-0.25, -0.2) is 19.0 Å². The number of isothiocyanates is 1. The molecular formula is C9H13N3O2S2. The molecule has 0 atom stereocenters. The summed E-state index contributed by atoms with van der Waals surface area (Å²) >= 11 is 3.81. The number of rotatable bonds is 3. The zero-order valence-corrected chi connectivity index (χ0v) is 10.1. The molecule has 0 fully saturated rings. The van der Waals surface area contributed by atoms with Crippen molar-refractivity contribution in [1.29, 1.82) is 5.41 Å². The highest BCUT2D eigenvalue weighted by molar-refractivity contribution is 7.89. The molecule has 0 amide bonds. The number of hydrogen-bond donors (Lipinski definition) is 3. The topological polar surface area (TPSA) is 110 Å². The summed E-state index contributed by atoms with van der Waals surface area (Å²) in [6, 6.07) is 6.40. The smallest absolute Gasteiger partial charge is 0.238 e. The van der Waals surface area contributed by atoms with Crippen molar-refractivity contribution < 1.29 is 8.42 Å². The molecule has 0 bridgehead atoms. The first kappa shape index (κ1) is 14.9. The van der Waals surface area contributed by atoms with E-state index in [-0.39, 0.29) is 4.90 Å². The van der Waals surface area contributed by atoms with E-state index < -0.39 is 10.0 Å². The van der Waals surface area contributed by atoms with Gasteiger partial charge >= 0.3 is 0 Å². The van der Waals surface area contributed by atoms with Crippen LogP contribution in [0, 0.1) is 5.41 Å². The lowest BCUT2D eigenvalue weighted by molar-refractivity contribution is 0.598. The average Bonchev–Trinajstić information content (AvgIpc) is 2.19. The predicted molar refractivity (Wildman–Crippen MR) is 65.9 cm³/mol. The molecule has 0 radical (unpaired) electrons. The number of thiocarbonyl (C=S) groups is 1. The molecule has 0 saturated carbocycles. The molecule has 1 aromatic carbocycles. The first-order chi connectivity index (χ1) is 7.45. The van der Waals surface area contributed by atoms with Gasteiger partial charge in [0, 0.05) is 0 Å². The van der Waals surface area contributed by atoms with Crippen LogP contribution in [-0.2, 0) is 16.4 Å². The van der Waals surface area contributed by atoms with Gasteiger partial charge in [-0.1, -0.05) is 12.1 Å². The second kappa shape index (κ2) is 7.21. The van der Waals surface area contributed by atoms with Crippen LogP contribution in [0.25, 0.3) is 0 Å². The molecule has 0 unspecified atom stereocenters. The van der Waals surface area contributed by atoms with Crippen LogP contribution in [0.4, 0.5) is 0 Å². The van der Waals surface area contributed by atoms with E-state index in [1.54, 1.807) is 17.3 Å². The fourth-order valence-corrected chi connectivity index (χ4v) is 1.53. The first-order valence-electron chi connectivity index (χ1n) is 4.31. The Morgan fingerprint density at radius 2 is 1.75 bits per heavy atom. The lowest BCUT2D eigenvalue weighted by Crippen LogP contribution is -2.12. The van der Waals surface area contributed by atoms with Gasteiger partial charge in [0.25, 0.3) is 0 Å². The predicted octanol–water partition coefficient (Wildman–Crippen LogP) is 0.503. The van der Waals surface area contributed by atoms with Crippen LogP contribution in [-0.4, -0.2) is 20.1 Å². The number of benzene rings is 1. The Kier molecular flexibility index (Phi) is 6.71. The molecule has 88 valence electrons. The van der Waals surface area contributed by atoms with E-state index in [2.05, 4.69) is 12.2 Å². The lowest BCUT2D eigenvalue weighted by Gasteiger charge is -2.00. The van der Waals surface area contributed by atoms with E-state index in [1.807, 2.05) is 0 Å². The number of primary sulfonamides is 1. The van der Waals surface area contributed by atoms with Crippen LogP contribution in [0.15, 0.2) is 29.2 Å². The van der Waals surface area contributed by atoms with Gasteiger partial charge in [-0.2, -0.15) is 0 Å². The maximum Gasteiger partial charge on any atom is 0.238 e. The number of nitrogens with one attached hydrogen (secondary N) is 1. The molecule has 7 heteroatoms. The first-order valence-corrected chi connectivity index (χ1v) is 6.27. The molecule has 0 aromatic heterocycles. The van der Waals surface area contributed by atoms with Crippen molar-refractivity contribution >= 4 is 27.4 Å². The van der Waals surface area contributed by atoms with Crippen LogP contribution < -0.4 is 10.9 Å². The van der Waals surface area contributed by atoms with Crippen LogP contribution in [0.2, 0.25) is 0 Å². The standard InChI is InChI=1S/C8H12N2O2S.CHNS/c9-6-5-7-1-3-8(4-2-7)13(10,11)12;2-1-3/h1-4H,5-6,9H2,(H2,10,11,12);2H. The molecule has 0 aliphatic rings. The fraction of sp³-hybridized carbons (Fsp3) is 0.222. The average molecular weight is 259 g/mol. The van der Waals surface area contributed by atoms with Gasteiger partial charge < -0.3 is 5.73 Å². The van der Waals surface area contributed by atoms with Gasteiger partial charge in [0.15, 0.2) is 0 Å². The fourth-order valence-electron chi connectivity index (χ4n) is 1.01. The van der Waals surface area contributed by atoms with Crippen molar-refractivity contribution in [2.24, 2.45) is 10.9 Å². The van der Waals surface area contributed by atoms with E-state index in [1.165, 1.54) is 12.1 Å². The zero-order valence-electron chi connectivity index (χ0n) is 8.51. The van der Waals surface area contributed by atoms with Crippen LogP contribution >= 0.6 is 12.2 Å². The molecule has 5 N–H and O–H groups in total. The molecule has 1 aromatic rings. The van der Waals surface area contributed by atoms with E-state index in [9.17, 15) is 8.42 Å². The number of hydrogen-bond acceptors (Lipinski definition) is 5. The second-order valence-electron chi connectivity index (χ2n) is 2.83. The SMILES string of the molecule is N=C=S.NCCc1ccc(S(N)(=O)=O)cc1. The number of sulfonamides is 1. The Bertz CT molecular complexity index is 448. The highest BCUT2D eigenvalue weighted by Gasteiger charge is 2.05. The van der Waals surface area contributed by atoms with Crippen molar-refractivity contribution in [3.63, 3.8) is 0 Å². The van der Waals surface area contributed by atoms with Gasteiger partial charge in [0.1, 0.15) is 0 Å². The largest absolute Gasteiger partial charge is 0.330 e. The molecule has 0 aliphatic carbocycles. The summed E-state index contributed by atoms with van der Waals surface area (Å²) in [4.78, 5) is 0.133. The molecule has 5 nitrogen and oxygen atoms in total. The Balaban J connectivity index is 0.000000673. The summed E-state index contributed by atoms with van der Waals surface area (Å²) in [6.07, 6.45) is 0.741. The van der Waals surface area contributed by atoms with Crippen molar-refractivity contribution in [3.05, 3.63) is 29.8 Å². The van der Waals surface area contributed by atoms with Gasteiger partial charge in [0.05, 0.1) is 10.1 Å². The minimum atomic E-state index is -3.57. The Hall–Kier alpha value is -1.11. The Morgan fingerprint density at radius 1 is 1.31 bits per heavy atom. The monoisotopic (exact) mass is 259 g/mol. The summed E-state index contributed by atoms with van der Waals surface area (Å²) in [5, 5.41) is 12.3. The third kappa shape index (κ3) is 5.69. The summed E-state index contributed by atoms with van der Waals surface area (Å²) in [6.45, 7) is 0.550. The molecular weight excluding hydrogens is 246 g/mol. The zero-order chi connectivity index (χ0) is 12.6. The Labute approximate surface area is 100 Å². The summed E-state index contributed by atoms with van der Waals surface area (Å²) < 4.78 is 21.7. The van der Waals surface area contributed by atoms with E-state index in [0.29, 0.717) is 6.54 Å². The Morgan fingerprint density at radius 3 is 2.06 bits per heavy atom. The van der Waals surface area contributed by atoms with Crippen molar-refractivity contribution in [2.75, 3.05) is 6.54 Å². The molecule has 0 saturated heterocycles. The molecule has 0 spiro atoms. The lowest BCUT2D eigenvalue weighted by atomic mass is 10.2. The van der Waals surface area contributed by atoms with Gasteiger partial charge in [-0.15, -0.1) is 0 Å². The minimum Gasteiger partial charge on any atom is -0.330 e. The molecule has 0 heterocycles. The minimum absolute atomic E-state index is 0.133. The third-order valence-electron chi connectivity index (χ3n) is 1.68. The van der Waals surface area contributed by atoms with Gasteiger partial charge in [0.2, 0.25) is 10.0 Å². The van der Waals surface area contributed by atoms with Crippen molar-refractivity contribution in [2.45, 2.75) is 11.3 Å². The summed E-state index contributed by atoms with van der Waals surface area (Å²) in [5.74, 6) is 0. The highest BCUT2D eigenvalue weighted by Crippen LogP contribution is 2.08. The summed E-state index contributed by atoms with van der Waals surface area (Å²) in [5.41, 5.74) is 6.35.